The van der Waals surface area contributed by atoms with E-state index in [-0.39, 0.29) is 6.10 Å². The van der Waals surface area contributed by atoms with Crippen LogP contribution in [0.25, 0.3) is 0 Å². The Hall–Kier alpha value is -0.860. The maximum absolute atomic E-state index is 10.5. The molecule has 1 N–H and O–H groups in total. The first-order valence-corrected chi connectivity index (χ1v) is 10.2. The van der Waals surface area contributed by atoms with Crippen LogP contribution in [-0.4, -0.2) is 29.6 Å². The molecule has 3 rings (SSSR count). The van der Waals surface area contributed by atoms with Crippen molar-refractivity contribution in [3.8, 4) is 0 Å². The van der Waals surface area contributed by atoms with Crippen LogP contribution in [0, 0.1) is 0 Å². The summed E-state index contributed by atoms with van der Waals surface area (Å²) in [6.45, 7) is 0.996. The molecule has 0 spiro atoms. The van der Waals surface area contributed by atoms with Crippen LogP contribution in [0.1, 0.15) is 93.8 Å². The van der Waals surface area contributed by atoms with Crippen molar-refractivity contribution in [3.63, 3.8) is 0 Å². The maximum Gasteiger partial charge on any atom is 0.0802 e. The van der Waals surface area contributed by atoms with Crippen LogP contribution < -0.4 is 0 Å². The number of hydrogen-bond acceptors (Lipinski definition) is 2. The van der Waals surface area contributed by atoms with E-state index in [0.717, 1.165) is 30.5 Å². The SMILES string of the molecule is CN(CCC(O)c1ccc(C2CCCCC2)cc1)C1CCCCC1. The van der Waals surface area contributed by atoms with Crippen molar-refractivity contribution >= 4 is 0 Å². The Labute approximate surface area is 148 Å². The summed E-state index contributed by atoms with van der Waals surface area (Å²) in [4.78, 5) is 2.47. The summed E-state index contributed by atoms with van der Waals surface area (Å²) >= 11 is 0. The van der Waals surface area contributed by atoms with Gasteiger partial charge in [-0.2, -0.15) is 0 Å². The number of nitrogens with zero attached hydrogens (tertiary/aromatic N) is 1. The van der Waals surface area contributed by atoms with Crippen LogP contribution in [0.3, 0.4) is 0 Å². The molecule has 1 aromatic carbocycles. The smallest absolute Gasteiger partial charge is 0.0802 e. The van der Waals surface area contributed by atoms with Crippen LogP contribution in [0.15, 0.2) is 24.3 Å². The van der Waals surface area contributed by atoms with Gasteiger partial charge >= 0.3 is 0 Å². The second-order valence-corrected chi connectivity index (χ2v) is 8.08. The monoisotopic (exact) mass is 329 g/mol. The molecule has 0 aliphatic heterocycles. The van der Waals surface area contributed by atoms with E-state index in [0.29, 0.717) is 0 Å². The first-order valence-electron chi connectivity index (χ1n) is 10.2. The zero-order valence-electron chi connectivity index (χ0n) is 15.4. The summed E-state index contributed by atoms with van der Waals surface area (Å²) in [5.74, 6) is 0.752. The number of benzene rings is 1. The van der Waals surface area contributed by atoms with Crippen molar-refractivity contribution in [2.45, 2.75) is 88.7 Å². The molecule has 2 saturated carbocycles. The van der Waals surface area contributed by atoms with E-state index in [4.69, 9.17) is 0 Å². The molecule has 2 aliphatic carbocycles. The van der Waals surface area contributed by atoms with Gasteiger partial charge in [0.1, 0.15) is 0 Å². The summed E-state index contributed by atoms with van der Waals surface area (Å²) in [5.41, 5.74) is 2.57. The van der Waals surface area contributed by atoms with Gasteiger partial charge in [-0.1, -0.05) is 62.8 Å². The fourth-order valence-electron chi connectivity index (χ4n) is 4.62. The molecule has 1 atom stereocenters. The molecule has 0 radical (unpaired) electrons. The van der Waals surface area contributed by atoms with Crippen molar-refractivity contribution in [2.24, 2.45) is 0 Å². The highest BCUT2D eigenvalue weighted by Crippen LogP contribution is 2.33. The summed E-state index contributed by atoms with van der Waals surface area (Å²) in [7, 11) is 2.23. The van der Waals surface area contributed by atoms with Gasteiger partial charge in [0.15, 0.2) is 0 Å². The van der Waals surface area contributed by atoms with Gasteiger partial charge in [0.25, 0.3) is 0 Å². The van der Waals surface area contributed by atoms with E-state index in [1.54, 1.807) is 0 Å². The van der Waals surface area contributed by atoms with Gasteiger partial charge in [-0.25, -0.2) is 0 Å². The predicted octanol–water partition coefficient (Wildman–Crippen LogP) is 5.42. The van der Waals surface area contributed by atoms with E-state index in [1.807, 2.05) is 0 Å². The molecule has 0 saturated heterocycles. The quantitative estimate of drug-likeness (QED) is 0.753. The number of aliphatic hydroxyl groups is 1. The highest BCUT2D eigenvalue weighted by molar-refractivity contribution is 5.27. The van der Waals surface area contributed by atoms with Gasteiger partial charge in [0, 0.05) is 12.6 Å². The molecule has 0 amide bonds. The highest BCUT2D eigenvalue weighted by Gasteiger charge is 2.19. The zero-order chi connectivity index (χ0) is 16.8. The normalized spacial score (nSPS) is 22.0. The molecule has 0 aromatic heterocycles. The topological polar surface area (TPSA) is 23.5 Å². The largest absolute Gasteiger partial charge is 0.388 e. The predicted molar refractivity (Wildman–Crippen MR) is 101 cm³/mol. The highest BCUT2D eigenvalue weighted by atomic mass is 16.3. The second-order valence-electron chi connectivity index (χ2n) is 8.08. The molecule has 2 heteroatoms. The van der Waals surface area contributed by atoms with Crippen LogP contribution in [-0.2, 0) is 0 Å². The lowest BCUT2D eigenvalue weighted by molar-refractivity contribution is 0.125. The Bertz CT molecular complexity index is 471. The minimum atomic E-state index is -0.323. The molecule has 24 heavy (non-hydrogen) atoms. The van der Waals surface area contributed by atoms with E-state index in [1.165, 1.54) is 69.8 Å². The Balaban J connectivity index is 1.48. The van der Waals surface area contributed by atoms with E-state index in [9.17, 15) is 5.11 Å². The average Bonchev–Trinajstić information content (AvgIpc) is 2.67. The number of rotatable bonds is 6. The minimum Gasteiger partial charge on any atom is -0.388 e. The summed E-state index contributed by atoms with van der Waals surface area (Å²) in [6.07, 6.45) is 14.2. The van der Waals surface area contributed by atoms with Gasteiger partial charge in [-0.05, 0) is 56.2 Å². The Morgan fingerprint density at radius 2 is 1.50 bits per heavy atom. The first-order chi connectivity index (χ1) is 11.7. The first kappa shape index (κ1) is 17.9. The molecule has 2 aliphatic rings. The van der Waals surface area contributed by atoms with Gasteiger partial charge in [0.2, 0.25) is 0 Å². The van der Waals surface area contributed by atoms with Crippen LogP contribution in [0.5, 0.6) is 0 Å². The standard InChI is InChI=1S/C22H35NO/c1-23(21-10-6-3-7-11-21)17-16-22(24)20-14-12-19(13-15-20)18-8-4-2-5-9-18/h12-15,18,21-22,24H,2-11,16-17H2,1H3. The number of hydrogen-bond donors (Lipinski definition) is 1. The van der Waals surface area contributed by atoms with Gasteiger partial charge in [0.05, 0.1) is 6.10 Å². The van der Waals surface area contributed by atoms with Crippen LogP contribution >= 0.6 is 0 Å². The zero-order valence-corrected chi connectivity index (χ0v) is 15.4. The summed E-state index contributed by atoms with van der Waals surface area (Å²) in [5, 5.41) is 10.5. The molecule has 0 bridgehead atoms. The third-order valence-corrected chi connectivity index (χ3v) is 6.35. The minimum absolute atomic E-state index is 0.323. The summed E-state index contributed by atoms with van der Waals surface area (Å²) in [6, 6.07) is 9.59. The molecular formula is C22H35NO. The lowest BCUT2D eigenvalue weighted by atomic mass is 9.84. The Kier molecular flexibility index (Phi) is 6.74. The van der Waals surface area contributed by atoms with E-state index in [2.05, 4.69) is 36.2 Å². The number of aliphatic hydroxyl groups excluding tert-OH is 1. The lowest BCUT2D eigenvalue weighted by Crippen LogP contribution is -2.34. The summed E-state index contributed by atoms with van der Waals surface area (Å²) < 4.78 is 0. The fraction of sp³-hybridized carbons (Fsp3) is 0.727. The second kappa shape index (κ2) is 9.01. The Morgan fingerprint density at radius 3 is 2.12 bits per heavy atom. The molecule has 0 heterocycles. The van der Waals surface area contributed by atoms with Crippen molar-refractivity contribution in [3.05, 3.63) is 35.4 Å². The Morgan fingerprint density at radius 1 is 0.917 bits per heavy atom. The lowest BCUT2D eigenvalue weighted by Gasteiger charge is -2.31. The molecule has 2 nitrogen and oxygen atoms in total. The van der Waals surface area contributed by atoms with Gasteiger partial charge in [-0.3, -0.25) is 0 Å². The molecule has 2 fully saturated rings. The third-order valence-electron chi connectivity index (χ3n) is 6.35. The molecule has 1 aromatic rings. The van der Waals surface area contributed by atoms with Crippen LogP contribution in [0.2, 0.25) is 0 Å². The third kappa shape index (κ3) is 4.83. The average molecular weight is 330 g/mol. The van der Waals surface area contributed by atoms with Crippen molar-refractivity contribution in [1.82, 2.24) is 4.90 Å². The van der Waals surface area contributed by atoms with E-state index >= 15 is 0 Å². The fourth-order valence-corrected chi connectivity index (χ4v) is 4.62. The maximum atomic E-state index is 10.5. The van der Waals surface area contributed by atoms with E-state index < -0.39 is 0 Å². The van der Waals surface area contributed by atoms with Crippen molar-refractivity contribution in [1.29, 1.82) is 0 Å². The van der Waals surface area contributed by atoms with Gasteiger partial charge < -0.3 is 10.0 Å². The molecular weight excluding hydrogens is 294 g/mol. The van der Waals surface area contributed by atoms with Gasteiger partial charge in [-0.15, -0.1) is 0 Å². The molecule has 1 unspecified atom stereocenters. The van der Waals surface area contributed by atoms with Crippen molar-refractivity contribution in [2.75, 3.05) is 13.6 Å². The van der Waals surface area contributed by atoms with Crippen LogP contribution in [0.4, 0.5) is 0 Å². The molecule has 134 valence electrons. The van der Waals surface area contributed by atoms with Crippen molar-refractivity contribution < 1.29 is 5.11 Å².